The average Bonchev–Trinajstić information content (AvgIpc) is 2.81. The molecule has 18 heavy (non-hydrogen) atoms. The number of amides is 2. The van der Waals surface area contributed by atoms with E-state index in [0.29, 0.717) is 6.42 Å². The minimum Gasteiger partial charge on any atom is -0.381 e. The molecule has 4 atom stereocenters. The van der Waals surface area contributed by atoms with Crippen LogP contribution in [0, 0.1) is 0 Å². The highest BCUT2D eigenvalue weighted by molar-refractivity contribution is 5.96. The van der Waals surface area contributed by atoms with Gasteiger partial charge in [-0.2, -0.15) is 0 Å². The standard InChI is InChI=1S/C13H22N2O3/c1-4-11-12(16)14-8(2)13(17)15(11)9-5-6-10(7-9)18-3/h8-11H,4-7H2,1-3H3,(H,14,16). The van der Waals surface area contributed by atoms with Crippen LogP contribution in [0.1, 0.15) is 39.5 Å². The molecule has 0 radical (unpaired) electrons. The molecule has 0 aromatic heterocycles. The van der Waals surface area contributed by atoms with Crippen molar-refractivity contribution in [2.24, 2.45) is 0 Å². The number of carbonyl (C=O) groups excluding carboxylic acids is 2. The third-order valence-corrected chi connectivity index (χ3v) is 4.09. The molecule has 2 rings (SSSR count). The Balaban J connectivity index is 2.16. The van der Waals surface area contributed by atoms with Crippen molar-refractivity contribution < 1.29 is 14.3 Å². The van der Waals surface area contributed by atoms with Crippen LogP contribution in [0.4, 0.5) is 0 Å². The van der Waals surface area contributed by atoms with E-state index in [4.69, 9.17) is 4.74 Å². The van der Waals surface area contributed by atoms with Crippen LogP contribution in [0.3, 0.4) is 0 Å². The van der Waals surface area contributed by atoms with Crippen LogP contribution < -0.4 is 5.32 Å². The van der Waals surface area contributed by atoms with Crippen LogP contribution in [0.25, 0.3) is 0 Å². The Morgan fingerprint density at radius 3 is 2.67 bits per heavy atom. The summed E-state index contributed by atoms with van der Waals surface area (Å²) in [6.07, 6.45) is 3.63. The Morgan fingerprint density at radius 1 is 1.39 bits per heavy atom. The molecule has 1 aliphatic carbocycles. The van der Waals surface area contributed by atoms with Gasteiger partial charge in [0.2, 0.25) is 11.8 Å². The van der Waals surface area contributed by atoms with Gasteiger partial charge in [-0.25, -0.2) is 0 Å². The van der Waals surface area contributed by atoms with Crippen molar-refractivity contribution >= 4 is 11.8 Å². The summed E-state index contributed by atoms with van der Waals surface area (Å²) in [5, 5.41) is 2.75. The van der Waals surface area contributed by atoms with E-state index >= 15 is 0 Å². The molecular formula is C13H22N2O3. The number of nitrogens with one attached hydrogen (secondary N) is 1. The van der Waals surface area contributed by atoms with Gasteiger partial charge in [-0.3, -0.25) is 9.59 Å². The first kappa shape index (κ1) is 13.3. The highest BCUT2D eigenvalue weighted by Gasteiger charge is 2.43. The summed E-state index contributed by atoms with van der Waals surface area (Å²) in [6.45, 7) is 3.70. The first-order valence-corrected chi connectivity index (χ1v) is 6.73. The first-order valence-electron chi connectivity index (χ1n) is 6.73. The number of methoxy groups -OCH3 is 1. The zero-order valence-corrected chi connectivity index (χ0v) is 11.3. The summed E-state index contributed by atoms with van der Waals surface area (Å²) in [6, 6.07) is -0.558. The Kier molecular flexibility index (Phi) is 3.90. The lowest BCUT2D eigenvalue weighted by Gasteiger charge is -2.41. The zero-order valence-electron chi connectivity index (χ0n) is 11.3. The van der Waals surface area contributed by atoms with E-state index < -0.39 is 6.04 Å². The summed E-state index contributed by atoms with van der Waals surface area (Å²) in [4.78, 5) is 26.1. The van der Waals surface area contributed by atoms with Gasteiger partial charge in [-0.15, -0.1) is 0 Å². The number of carbonyl (C=O) groups is 2. The number of hydrogen-bond acceptors (Lipinski definition) is 3. The van der Waals surface area contributed by atoms with Gasteiger partial charge in [0.15, 0.2) is 0 Å². The van der Waals surface area contributed by atoms with E-state index in [1.54, 1.807) is 14.0 Å². The molecule has 102 valence electrons. The van der Waals surface area contributed by atoms with E-state index in [-0.39, 0.29) is 30.0 Å². The lowest BCUT2D eigenvalue weighted by Crippen LogP contribution is -2.64. The third kappa shape index (κ3) is 2.23. The summed E-state index contributed by atoms with van der Waals surface area (Å²) in [5.74, 6) is 0.0219. The number of hydrogen-bond donors (Lipinski definition) is 1. The van der Waals surface area contributed by atoms with Crippen LogP contribution in [0.5, 0.6) is 0 Å². The molecule has 2 aliphatic rings. The van der Waals surface area contributed by atoms with Gasteiger partial charge in [-0.1, -0.05) is 6.92 Å². The molecule has 5 heteroatoms. The van der Waals surface area contributed by atoms with E-state index in [2.05, 4.69) is 5.32 Å². The van der Waals surface area contributed by atoms with Gasteiger partial charge < -0.3 is 15.0 Å². The second kappa shape index (κ2) is 5.26. The molecule has 1 N–H and O–H groups in total. The molecular weight excluding hydrogens is 232 g/mol. The maximum atomic E-state index is 12.3. The molecule has 2 fully saturated rings. The van der Waals surface area contributed by atoms with Crippen molar-refractivity contribution in [3.63, 3.8) is 0 Å². The lowest BCUT2D eigenvalue weighted by molar-refractivity contribution is -0.151. The molecule has 0 spiro atoms. The van der Waals surface area contributed by atoms with Gasteiger partial charge in [0.25, 0.3) is 0 Å². The maximum absolute atomic E-state index is 12.3. The fourth-order valence-electron chi connectivity index (χ4n) is 3.08. The van der Waals surface area contributed by atoms with Crippen molar-refractivity contribution in [2.45, 2.75) is 63.8 Å². The second-order valence-corrected chi connectivity index (χ2v) is 5.22. The van der Waals surface area contributed by atoms with Crippen LogP contribution in [0.15, 0.2) is 0 Å². The molecule has 4 unspecified atom stereocenters. The van der Waals surface area contributed by atoms with Crippen molar-refractivity contribution in [1.82, 2.24) is 10.2 Å². The predicted octanol–water partition coefficient (Wildman–Crippen LogP) is 0.679. The minimum absolute atomic E-state index is 0.0227. The van der Waals surface area contributed by atoms with Gasteiger partial charge in [-0.05, 0) is 32.6 Å². The highest BCUT2D eigenvalue weighted by atomic mass is 16.5. The van der Waals surface area contributed by atoms with Gasteiger partial charge in [0.05, 0.1) is 6.10 Å². The summed E-state index contributed by atoms with van der Waals surface area (Å²) < 4.78 is 5.35. The van der Waals surface area contributed by atoms with Gasteiger partial charge in [0.1, 0.15) is 12.1 Å². The summed E-state index contributed by atoms with van der Waals surface area (Å²) >= 11 is 0. The molecule has 0 aromatic carbocycles. The molecule has 0 aromatic rings. The smallest absolute Gasteiger partial charge is 0.245 e. The Hall–Kier alpha value is -1.10. The predicted molar refractivity (Wildman–Crippen MR) is 67.0 cm³/mol. The van der Waals surface area contributed by atoms with E-state index in [9.17, 15) is 9.59 Å². The monoisotopic (exact) mass is 254 g/mol. The van der Waals surface area contributed by atoms with Gasteiger partial charge in [0, 0.05) is 13.2 Å². The topological polar surface area (TPSA) is 58.6 Å². The minimum atomic E-state index is -0.401. The zero-order chi connectivity index (χ0) is 13.3. The average molecular weight is 254 g/mol. The van der Waals surface area contributed by atoms with Crippen molar-refractivity contribution in [3.8, 4) is 0 Å². The van der Waals surface area contributed by atoms with Crippen molar-refractivity contribution in [1.29, 1.82) is 0 Å². The van der Waals surface area contributed by atoms with E-state index in [1.807, 2.05) is 11.8 Å². The molecule has 0 bridgehead atoms. The van der Waals surface area contributed by atoms with Gasteiger partial charge >= 0.3 is 0 Å². The highest BCUT2D eigenvalue weighted by Crippen LogP contribution is 2.30. The third-order valence-electron chi connectivity index (χ3n) is 4.09. The van der Waals surface area contributed by atoms with Crippen LogP contribution in [-0.4, -0.2) is 48.1 Å². The summed E-state index contributed by atoms with van der Waals surface area (Å²) in [7, 11) is 1.71. The van der Waals surface area contributed by atoms with E-state index in [1.165, 1.54) is 0 Å². The molecule has 5 nitrogen and oxygen atoms in total. The molecule has 1 saturated carbocycles. The number of piperazine rings is 1. The lowest BCUT2D eigenvalue weighted by atomic mass is 10.0. The molecule has 1 aliphatic heterocycles. The number of ether oxygens (including phenoxy) is 1. The second-order valence-electron chi connectivity index (χ2n) is 5.22. The molecule has 1 heterocycles. The normalized spacial score (nSPS) is 36.9. The van der Waals surface area contributed by atoms with Crippen LogP contribution in [0.2, 0.25) is 0 Å². The maximum Gasteiger partial charge on any atom is 0.245 e. The first-order chi connectivity index (χ1) is 8.58. The van der Waals surface area contributed by atoms with E-state index in [0.717, 1.165) is 19.3 Å². The summed E-state index contributed by atoms with van der Waals surface area (Å²) in [5.41, 5.74) is 0. The van der Waals surface area contributed by atoms with Crippen molar-refractivity contribution in [3.05, 3.63) is 0 Å². The molecule has 1 saturated heterocycles. The SMILES string of the molecule is CCC1C(=O)NC(C)C(=O)N1C1CCC(OC)C1. The fraction of sp³-hybridized carbons (Fsp3) is 0.846. The largest absolute Gasteiger partial charge is 0.381 e. The number of nitrogens with zero attached hydrogens (tertiary/aromatic N) is 1. The number of rotatable bonds is 3. The van der Waals surface area contributed by atoms with Crippen LogP contribution in [-0.2, 0) is 14.3 Å². The Bertz CT molecular complexity index is 345. The van der Waals surface area contributed by atoms with Crippen molar-refractivity contribution in [2.75, 3.05) is 7.11 Å². The molecule has 2 amide bonds. The quantitative estimate of drug-likeness (QED) is 0.805. The Morgan fingerprint density at radius 2 is 2.11 bits per heavy atom. The Labute approximate surface area is 108 Å². The fourth-order valence-corrected chi connectivity index (χ4v) is 3.08. The van der Waals surface area contributed by atoms with Crippen LogP contribution >= 0.6 is 0 Å².